The first-order valence-electron chi connectivity index (χ1n) is 7.87. The number of hydrogen-bond donors (Lipinski definition) is 1. The van der Waals surface area contributed by atoms with Crippen molar-refractivity contribution >= 4 is 40.5 Å². The molecule has 0 fully saturated rings. The second-order valence-corrected chi connectivity index (χ2v) is 6.85. The monoisotopic (exact) mass is 404 g/mol. The average molecular weight is 405 g/mol. The van der Waals surface area contributed by atoms with Gasteiger partial charge in [-0.1, -0.05) is 17.7 Å². The van der Waals surface area contributed by atoms with Gasteiger partial charge in [0.25, 0.3) is 5.91 Å². The van der Waals surface area contributed by atoms with E-state index in [-0.39, 0.29) is 11.5 Å². The SMILES string of the molecule is Cc1c(Cl)cccc1NC(=O)COC(=O)c1csc(-c2ccc(F)cc2)n1. The Morgan fingerprint density at radius 1 is 1.22 bits per heavy atom. The Morgan fingerprint density at radius 2 is 1.96 bits per heavy atom. The van der Waals surface area contributed by atoms with Crippen molar-refractivity contribution in [3.8, 4) is 10.6 Å². The summed E-state index contributed by atoms with van der Waals surface area (Å²) in [5, 5.41) is 5.25. The number of amides is 1. The zero-order valence-electron chi connectivity index (χ0n) is 14.2. The smallest absolute Gasteiger partial charge is 0.358 e. The molecule has 0 bridgehead atoms. The first-order valence-corrected chi connectivity index (χ1v) is 9.13. The molecular formula is C19H14ClFN2O3S. The third kappa shape index (κ3) is 4.69. The number of ether oxygens (including phenoxy) is 1. The lowest BCUT2D eigenvalue weighted by Gasteiger charge is -2.09. The lowest BCUT2D eigenvalue weighted by atomic mass is 10.2. The Bertz CT molecular complexity index is 989. The van der Waals surface area contributed by atoms with E-state index in [9.17, 15) is 14.0 Å². The van der Waals surface area contributed by atoms with E-state index >= 15 is 0 Å². The van der Waals surface area contributed by atoms with Crippen molar-refractivity contribution in [3.63, 3.8) is 0 Å². The summed E-state index contributed by atoms with van der Waals surface area (Å²) in [6.07, 6.45) is 0. The number of nitrogens with zero attached hydrogens (tertiary/aromatic N) is 1. The maximum Gasteiger partial charge on any atom is 0.358 e. The fraction of sp³-hybridized carbons (Fsp3) is 0.105. The molecule has 0 radical (unpaired) electrons. The number of thiazole rings is 1. The third-order valence-corrected chi connectivity index (χ3v) is 4.98. The molecule has 0 atom stereocenters. The van der Waals surface area contributed by atoms with Crippen LogP contribution in [0, 0.1) is 12.7 Å². The highest BCUT2D eigenvalue weighted by Crippen LogP contribution is 2.24. The molecule has 0 saturated carbocycles. The Morgan fingerprint density at radius 3 is 2.70 bits per heavy atom. The van der Waals surface area contributed by atoms with Crippen LogP contribution in [0.1, 0.15) is 16.1 Å². The minimum atomic E-state index is -0.711. The van der Waals surface area contributed by atoms with Gasteiger partial charge in [0.1, 0.15) is 10.8 Å². The quantitative estimate of drug-likeness (QED) is 0.625. The van der Waals surface area contributed by atoms with Crippen LogP contribution in [0.2, 0.25) is 5.02 Å². The highest BCUT2D eigenvalue weighted by molar-refractivity contribution is 7.13. The summed E-state index contributed by atoms with van der Waals surface area (Å²) in [5.74, 6) is -1.55. The van der Waals surface area contributed by atoms with E-state index in [0.29, 0.717) is 21.3 Å². The predicted molar refractivity (Wildman–Crippen MR) is 103 cm³/mol. The van der Waals surface area contributed by atoms with Gasteiger partial charge in [0.2, 0.25) is 0 Å². The molecule has 0 aliphatic heterocycles. The van der Waals surface area contributed by atoms with Gasteiger partial charge >= 0.3 is 5.97 Å². The standard InChI is InChI=1S/C19H14ClFN2O3S/c1-11-14(20)3-2-4-15(11)22-17(24)9-26-19(25)16-10-27-18(23-16)12-5-7-13(21)8-6-12/h2-8,10H,9H2,1H3,(H,22,24). The number of anilines is 1. The molecule has 5 nitrogen and oxygen atoms in total. The van der Waals surface area contributed by atoms with Crippen molar-refractivity contribution < 1.29 is 18.7 Å². The van der Waals surface area contributed by atoms with Crippen molar-refractivity contribution in [3.05, 3.63) is 69.9 Å². The van der Waals surface area contributed by atoms with Crippen LogP contribution in [0.4, 0.5) is 10.1 Å². The molecule has 0 spiro atoms. The molecule has 2 aromatic carbocycles. The molecule has 27 heavy (non-hydrogen) atoms. The summed E-state index contributed by atoms with van der Waals surface area (Å²) >= 11 is 7.23. The molecule has 0 aliphatic rings. The van der Waals surface area contributed by atoms with Crippen LogP contribution in [-0.4, -0.2) is 23.5 Å². The Hall–Kier alpha value is -2.77. The van der Waals surface area contributed by atoms with E-state index < -0.39 is 18.5 Å². The van der Waals surface area contributed by atoms with E-state index in [2.05, 4.69) is 10.3 Å². The van der Waals surface area contributed by atoms with Crippen LogP contribution in [0.25, 0.3) is 10.6 Å². The van der Waals surface area contributed by atoms with E-state index in [1.165, 1.54) is 28.8 Å². The molecule has 1 N–H and O–H groups in total. The van der Waals surface area contributed by atoms with Gasteiger partial charge in [0.05, 0.1) is 0 Å². The van der Waals surface area contributed by atoms with Crippen molar-refractivity contribution in [1.29, 1.82) is 0 Å². The Balaban J connectivity index is 1.58. The van der Waals surface area contributed by atoms with E-state index in [4.69, 9.17) is 16.3 Å². The van der Waals surface area contributed by atoms with Crippen molar-refractivity contribution in [2.75, 3.05) is 11.9 Å². The molecule has 1 aromatic heterocycles. The van der Waals surface area contributed by atoms with Crippen LogP contribution in [-0.2, 0) is 9.53 Å². The molecule has 0 aliphatic carbocycles. The molecule has 1 amide bonds. The van der Waals surface area contributed by atoms with Crippen LogP contribution in [0.15, 0.2) is 47.8 Å². The van der Waals surface area contributed by atoms with Gasteiger partial charge in [-0.05, 0) is 48.9 Å². The molecule has 0 unspecified atom stereocenters. The molecule has 1 heterocycles. The minimum absolute atomic E-state index is 0.0889. The summed E-state index contributed by atoms with van der Waals surface area (Å²) in [5.41, 5.74) is 2.05. The fourth-order valence-corrected chi connectivity index (χ4v) is 3.20. The minimum Gasteiger partial charge on any atom is -0.451 e. The summed E-state index contributed by atoms with van der Waals surface area (Å²) in [7, 11) is 0. The lowest BCUT2D eigenvalue weighted by Crippen LogP contribution is -2.21. The van der Waals surface area contributed by atoms with Gasteiger partial charge in [-0.15, -0.1) is 11.3 Å². The number of halogens is 2. The molecule has 0 saturated heterocycles. The molecule has 8 heteroatoms. The number of carbonyl (C=O) groups excluding carboxylic acids is 2. The van der Waals surface area contributed by atoms with Gasteiger partial charge in [-0.2, -0.15) is 0 Å². The summed E-state index contributed by atoms with van der Waals surface area (Å²) in [6, 6.07) is 10.9. The fourth-order valence-electron chi connectivity index (χ4n) is 2.23. The van der Waals surface area contributed by atoms with E-state index in [1.54, 1.807) is 37.3 Å². The number of benzene rings is 2. The van der Waals surface area contributed by atoms with E-state index in [1.807, 2.05) is 0 Å². The molecule has 3 aromatic rings. The van der Waals surface area contributed by atoms with Crippen molar-refractivity contribution in [2.45, 2.75) is 6.92 Å². The number of nitrogens with one attached hydrogen (secondary N) is 1. The number of esters is 1. The maximum atomic E-state index is 13.0. The molecule has 3 rings (SSSR count). The normalized spacial score (nSPS) is 10.5. The molecule has 138 valence electrons. The number of rotatable bonds is 5. The summed E-state index contributed by atoms with van der Waals surface area (Å²) < 4.78 is 18.0. The first-order chi connectivity index (χ1) is 12.9. The lowest BCUT2D eigenvalue weighted by molar-refractivity contribution is -0.119. The van der Waals surface area contributed by atoms with Crippen LogP contribution < -0.4 is 5.32 Å². The summed E-state index contributed by atoms with van der Waals surface area (Å²) in [6.45, 7) is 1.32. The number of aromatic nitrogens is 1. The first kappa shape index (κ1) is 19.0. The molecular weight excluding hydrogens is 391 g/mol. The zero-order valence-corrected chi connectivity index (χ0v) is 15.7. The zero-order chi connectivity index (χ0) is 19.4. The van der Waals surface area contributed by atoms with E-state index in [0.717, 1.165) is 5.56 Å². The van der Waals surface area contributed by atoms with Crippen LogP contribution in [0.5, 0.6) is 0 Å². The third-order valence-electron chi connectivity index (χ3n) is 3.68. The summed E-state index contributed by atoms with van der Waals surface area (Å²) in [4.78, 5) is 28.2. The van der Waals surface area contributed by atoms with Gasteiger partial charge in [0.15, 0.2) is 12.3 Å². The second kappa shape index (κ2) is 8.28. The van der Waals surface area contributed by atoms with Crippen molar-refractivity contribution in [2.24, 2.45) is 0 Å². The number of carbonyl (C=O) groups is 2. The van der Waals surface area contributed by atoms with Gasteiger partial charge in [-0.3, -0.25) is 4.79 Å². The van der Waals surface area contributed by atoms with Gasteiger partial charge in [0, 0.05) is 21.7 Å². The predicted octanol–water partition coefficient (Wildman–Crippen LogP) is 4.71. The van der Waals surface area contributed by atoms with Crippen molar-refractivity contribution in [1.82, 2.24) is 4.98 Å². The number of hydrogen-bond acceptors (Lipinski definition) is 5. The largest absolute Gasteiger partial charge is 0.451 e. The second-order valence-electron chi connectivity index (χ2n) is 5.58. The Kier molecular flexibility index (Phi) is 5.83. The van der Waals surface area contributed by atoms with Crippen LogP contribution >= 0.6 is 22.9 Å². The van der Waals surface area contributed by atoms with Gasteiger partial charge in [-0.25, -0.2) is 14.2 Å². The maximum absolute atomic E-state index is 13.0. The topological polar surface area (TPSA) is 68.3 Å². The van der Waals surface area contributed by atoms with Crippen LogP contribution in [0.3, 0.4) is 0 Å². The highest BCUT2D eigenvalue weighted by atomic mass is 35.5. The highest BCUT2D eigenvalue weighted by Gasteiger charge is 2.15. The Labute approximate surface area is 163 Å². The average Bonchev–Trinajstić information content (AvgIpc) is 3.14. The van der Waals surface area contributed by atoms with Gasteiger partial charge < -0.3 is 10.1 Å².